The Morgan fingerprint density at radius 3 is 2.38 bits per heavy atom. The van der Waals surface area contributed by atoms with Gasteiger partial charge in [0, 0.05) is 11.1 Å². The van der Waals surface area contributed by atoms with Gasteiger partial charge in [0.15, 0.2) is 5.78 Å². The van der Waals surface area contributed by atoms with Crippen LogP contribution in [0.25, 0.3) is 0 Å². The topological polar surface area (TPSA) is 17.1 Å². The van der Waals surface area contributed by atoms with Gasteiger partial charge in [-0.25, -0.2) is 0 Å². The Morgan fingerprint density at radius 1 is 1.25 bits per heavy atom. The molecule has 0 aliphatic rings. The van der Waals surface area contributed by atoms with Crippen LogP contribution >= 0.6 is 0 Å². The Labute approximate surface area is 97.5 Å². The van der Waals surface area contributed by atoms with Crippen molar-refractivity contribution in [3.8, 4) is 0 Å². The molecule has 0 N–H and O–H groups in total. The van der Waals surface area contributed by atoms with E-state index in [-0.39, 0.29) is 5.78 Å². The monoisotopic (exact) mass is 214 g/mol. The molecule has 0 spiro atoms. The number of hydrogen-bond acceptors (Lipinski definition) is 1. The number of aryl methyl sites for hydroxylation is 1. The zero-order valence-electron chi connectivity index (χ0n) is 10.2. The van der Waals surface area contributed by atoms with Crippen LogP contribution < -0.4 is 0 Å². The highest BCUT2D eigenvalue weighted by Gasteiger charge is 2.07. The largest absolute Gasteiger partial charge is 0.289 e. The summed E-state index contributed by atoms with van der Waals surface area (Å²) in [7, 11) is 0. The molecule has 16 heavy (non-hydrogen) atoms. The number of allylic oxidation sites excluding steroid dienone is 4. The molecule has 0 saturated carbocycles. The summed E-state index contributed by atoms with van der Waals surface area (Å²) in [5, 5.41) is 0. The zero-order chi connectivity index (χ0) is 12.0. The van der Waals surface area contributed by atoms with Crippen molar-refractivity contribution in [3.63, 3.8) is 0 Å². The van der Waals surface area contributed by atoms with E-state index in [4.69, 9.17) is 0 Å². The minimum atomic E-state index is 0.0900. The van der Waals surface area contributed by atoms with Gasteiger partial charge in [-0.15, -0.1) is 0 Å². The van der Waals surface area contributed by atoms with Gasteiger partial charge in [0.1, 0.15) is 0 Å². The van der Waals surface area contributed by atoms with Crippen LogP contribution in [0.2, 0.25) is 0 Å². The minimum Gasteiger partial charge on any atom is -0.289 e. The van der Waals surface area contributed by atoms with E-state index in [0.29, 0.717) is 0 Å². The van der Waals surface area contributed by atoms with Crippen molar-refractivity contribution in [2.24, 2.45) is 0 Å². The quantitative estimate of drug-likeness (QED) is 0.419. The summed E-state index contributed by atoms with van der Waals surface area (Å²) in [6, 6.07) is 7.68. The third-order valence-electron chi connectivity index (χ3n) is 2.42. The maximum Gasteiger partial charge on any atom is 0.192 e. The molecule has 1 aromatic carbocycles. The Bertz CT molecular complexity index is 408. The Kier molecular flexibility index (Phi) is 4.71. The summed E-state index contributed by atoms with van der Waals surface area (Å²) in [6.07, 6.45) is 6.69. The first-order valence-electron chi connectivity index (χ1n) is 5.63. The van der Waals surface area contributed by atoms with Crippen molar-refractivity contribution in [2.75, 3.05) is 0 Å². The van der Waals surface area contributed by atoms with E-state index in [1.807, 2.05) is 56.3 Å². The highest BCUT2D eigenvalue weighted by molar-refractivity contribution is 6.10. The summed E-state index contributed by atoms with van der Waals surface area (Å²) in [5.41, 5.74) is 2.67. The number of Topliss-reactive ketones (excluding diaryl/α,β-unsaturated/α-hetero) is 1. The van der Waals surface area contributed by atoms with Crippen LogP contribution in [0.4, 0.5) is 0 Å². The van der Waals surface area contributed by atoms with Gasteiger partial charge in [0.2, 0.25) is 0 Å². The van der Waals surface area contributed by atoms with E-state index < -0.39 is 0 Å². The molecule has 1 aromatic rings. The highest BCUT2D eigenvalue weighted by atomic mass is 16.1. The zero-order valence-corrected chi connectivity index (χ0v) is 10.2. The van der Waals surface area contributed by atoms with Gasteiger partial charge in [0.05, 0.1) is 0 Å². The van der Waals surface area contributed by atoms with Crippen molar-refractivity contribution in [1.29, 1.82) is 0 Å². The number of hydrogen-bond donors (Lipinski definition) is 0. The second-order valence-electron chi connectivity index (χ2n) is 3.75. The first-order valence-corrected chi connectivity index (χ1v) is 5.63. The van der Waals surface area contributed by atoms with Crippen LogP contribution in [0.3, 0.4) is 0 Å². The minimum absolute atomic E-state index is 0.0900. The number of ketones is 1. The fourth-order valence-electron chi connectivity index (χ4n) is 1.42. The van der Waals surface area contributed by atoms with Crippen LogP contribution in [0, 0.1) is 6.92 Å². The maximum atomic E-state index is 12.1. The molecule has 0 aromatic heterocycles. The summed E-state index contributed by atoms with van der Waals surface area (Å²) in [5.74, 6) is 0.0900. The van der Waals surface area contributed by atoms with Crippen molar-refractivity contribution >= 4 is 5.78 Å². The standard InChI is InChI=1S/C15H18O/c1-4-6-7-13(5-2)15(16)14-10-8-12(3)9-11-14/h5-11H,4H2,1-3H3/b7-6-,13-5+. The van der Waals surface area contributed by atoms with Gasteiger partial charge in [0.25, 0.3) is 0 Å². The molecule has 1 rings (SSSR count). The van der Waals surface area contributed by atoms with Gasteiger partial charge >= 0.3 is 0 Å². The Hall–Kier alpha value is -1.63. The lowest BCUT2D eigenvalue weighted by Gasteiger charge is -2.02. The SMILES string of the molecule is C/C=C(\C=C/CC)C(=O)c1ccc(C)cc1. The van der Waals surface area contributed by atoms with Gasteiger partial charge in [-0.05, 0) is 20.3 Å². The lowest BCUT2D eigenvalue weighted by Crippen LogP contribution is -2.01. The summed E-state index contributed by atoms with van der Waals surface area (Å²) < 4.78 is 0. The molecule has 0 fully saturated rings. The third kappa shape index (κ3) is 3.20. The second kappa shape index (κ2) is 6.06. The van der Waals surface area contributed by atoms with Crippen LogP contribution in [0.15, 0.2) is 48.1 Å². The normalized spacial score (nSPS) is 12.1. The molecule has 0 aliphatic heterocycles. The van der Waals surface area contributed by atoms with Crippen LogP contribution in [-0.2, 0) is 0 Å². The molecule has 0 radical (unpaired) electrons. The molecule has 1 nitrogen and oxygen atoms in total. The fraction of sp³-hybridized carbons (Fsp3) is 0.267. The summed E-state index contributed by atoms with van der Waals surface area (Å²) in [4.78, 5) is 12.1. The number of carbonyl (C=O) groups is 1. The predicted octanol–water partition coefficient (Wildman–Crippen LogP) is 4.09. The number of benzene rings is 1. The highest BCUT2D eigenvalue weighted by Crippen LogP contribution is 2.11. The molecule has 0 bridgehead atoms. The molecule has 0 aliphatic carbocycles. The molecule has 84 valence electrons. The molecular formula is C15H18O. The van der Waals surface area contributed by atoms with Crippen LogP contribution in [-0.4, -0.2) is 5.78 Å². The van der Waals surface area contributed by atoms with Crippen molar-refractivity contribution in [2.45, 2.75) is 27.2 Å². The van der Waals surface area contributed by atoms with Crippen LogP contribution in [0.1, 0.15) is 36.2 Å². The predicted molar refractivity (Wildman–Crippen MR) is 68.7 cm³/mol. The summed E-state index contributed by atoms with van der Waals surface area (Å²) >= 11 is 0. The van der Waals surface area contributed by atoms with E-state index in [9.17, 15) is 4.79 Å². The van der Waals surface area contributed by atoms with Crippen LogP contribution in [0.5, 0.6) is 0 Å². The van der Waals surface area contributed by atoms with E-state index in [1.165, 1.54) is 5.56 Å². The average Bonchev–Trinajstić information content (AvgIpc) is 2.30. The first kappa shape index (κ1) is 12.4. The van der Waals surface area contributed by atoms with E-state index in [1.54, 1.807) is 0 Å². The Morgan fingerprint density at radius 2 is 1.88 bits per heavy atom. The Balaban J connectivity index is 2.92. The van der Waals surface area contributed by atoms with Gasteiger partial charge < -0.3 is 0 Å². The van der Waals surface area contributed by atoms with Crippen molar-refractivity contribution in [1.82, 2.24) is 0 Å². The molecule has 0 atom stereocenters. The lowest BCUT2D eigenvalue weighted by atomic mass is 10.0. The molecular weight excluding hydrogens is 196 g/mol. The van der Waals surface area contributed by atoms with Crippen molar-refractivity contribution < 1.29 is 4.79 Å². The second-order valence-corrected chi connectivity index (χ2v) is 3.75. The van der Waals surface area contributed by atoms with E-state index in [0.717, 1.165) is 17.6 Å². The molecule has 1 heteroatoms. The molecule has 0 saturated heterocycles. The number of carbonyl (C=O) groups excluding carboxylic acids is 1. The molecule has 0 heterocycles. The molecule has 0 unspecified atom stereocenters. The fourth-order valence-corrected chi connectivity index (χ4v) is 1.42. The lowest BCUT2D eigenvalue weighted by molar-refractivity contribution is 0.103. The maximum absolute atomic E-state index is 12.1. The van der Waals surface area contributed by atoms with Gasteiger partial charge in [-0.1, -0.05) is 55.0 Å². The number of rotatable bonds is 4. The van der Waals surface area contributed by atoms with E-state index in [2.05, 4.69) is 6.92 Å². The smallest absolute Gasteiger partial charge is 0.192 e. The van der Waals surface area contributed by atoms with Crippen molar-refractivity contribution in [3.05, 3.63) is 59.2 Å². The van der Waals surface area contributed by atoms with E-state index >= 15 is 0 Å². The first-order chi connectivity index (χ1) is 7.69. The average molecular weight is 214 g/mol. The molecule has 0 amide bonds. The van der Waals surface area contributed by atoms with Gasteiger partial charge in [-0.2, -0.15) is 0 Å². The van der Waals surface area contributed by atoms with Gasteiger partial charge in [-0.3, -0.25) is 4.79 Å². The third-order valence-corrected chi connectivity index (χ3v) is 2.42. The summed E-state index contributed by atoms with van der Waals surface area (Å²) in [6.45, 7) is 5.96.